The van der Waals surface area contributed by atoms with Crippen molar-refractivity contribution in [1.82, 2.24) is 4.90 Å². The highest BCUT2D eigenvalue weighted by atomic mass is 32.1. The van der Waals surface area contributed by atoms with E-state index in [9.17, 15) is 9.90 Å². The molecule has 0 spiro atoms. The quantitative estimate of drug-likeness (QED) is 0.875. The first kappa shape index (κ1) is 14.1. The molecule has 1 fully saturated rings. The highest BCUT2D eigenvalue weighted by Crippen LogP contribution is 2.35. The van der Waals surface area contributed by atoms with Crippen molar-refractivity contribution in [2.75, 3.05) is 44.4 Å². The van der Waals surface area contributed by atoms with Crippen LogP contribution in [0.1, 0.15) is 22.5 Å². The molecule has 19 heavy (non-hydrogen) atoms. The van der Waals surface area contributed by atoms with Gasteiger partial charge in [0.15, 0.2) is 0 Å². The van der Waals surface area contributed by atoms with Crippen LogP contribution in [0, 0.1) is 5.92 Å². The van der Waals surface area contributed by atoms with Crippen LogP contribution >= 0.6 is 11.3 Å². The standard InChI is InChI=1S/C13H21N3O2S/c1-15(2)13(18)12-10(14)6-11(19-12)16-5-3-4-9(7-16)8-17/h6,9,17H,3-5,7-8,14H2,1-2H3. The van der Waals surface area contributed by atoms with E-state index in [2.05, 4.69) is 4.90 Å². The predicted molar refractivity (Wildman–Crippen MR) is 78.8 cm³/mol. The fraction of sp³-hybridized carbons (Fsp3) is 0.615. The summed E-state index contributed by atoms with van der Waals surface area (Å²) in [6.07, 6.45) is 2.14. The van der Waals surface area contributed by atoms with Gasteiger partial charge in [-0.15, -0.1) is 11.3 Å². The summed E-state index contributed by atoms with van der Waals surface area (Å²) < 4.78 is 0. The van der Waals surface area contributed by atoms with E-state index < -0.39 is 0 Å². The molecule has 1 amide bonds. The number of carbonyl (C=O) groups excluding carboxylic acids is 1. The first-order chi connectivity index (χ1) is 9.02. The van der Waals surface area contributed by atoms with Gasteiger partial charge in [0.05, 0.1) is 10.7 Å². The number of amides is 1. The second kappa shape index (κ2) is 5.79. The van der Waals surface area contributed by atoms with Gasteiger partial charge in [-0.05, 0) is 24.8 Å². The normalized spacial score (nSPS) is 19.5. The molecule has 6 heteroatoms. The molecule has 1 atom stereocenters. The lowest BCUT2D eigenvalue weighted by Crippen LogP contribution is -2.36. The topological polar surface area (TPSA) is 69.8 Å². The Morgan fingerprint density at radius 2 is 2.37 bits per heavy atom. The average molecular weight is 283 g/mol. The minimum Gasteiger partial charge on any atom is -0.397 e. The highest BCUT2D eigenvalue weighted by Gasteiger charge is 2.23. The van der Waals surface area contributed by atoms with E-state index in [-0.39, 0.29) is 12.5 Å². The molecule has 0 bridgehead atoms. The summed E-state index contributed by atoms with van der Waals surface area (Å²) in [7, 11) is 3.45. The highest BCUT2D eigenvalue weighted by molar-refractivity contribution is 7.18. The smallest absolute Gasteiger partial charge is 0.265 e. The molecule has 1 unspecified atom stereocenters. The third-order valence-corrected chi connectivity index (χ3v) is 4.64. The van der Waals surface area contributed by atoms with Crippen molar-refractivity contribution in [3.63, 3.8) is 0 Å². The fourth-order valence-electron chi connectivity index (χ4n) is 2.33. The number of aliphatic hydroxyl groups is 1. The Kier molecular flexibility index (Phi) is 4.31. The molecular weight excluding hydrogens is 262 g/mol. The zero-order chi connectivity index (χ0) is 14.0. The number of rotatable bonds is 3. The van der Waals surface area contributed by atoms with Crippen molar-refractivity contribution >= 4 is 27.9 Å². The van der Waals surface area contributed by atoms with Gasteiger partial charge in [-0.1, -0.05) is 0 Å². The van der Waals surface area contributed by atoms with E-state index in [0.717, 1.165) is 30.9 Å². The van der Waals surface area contributed by atoms with Crippen LogP contribution in [0.5, 0.6) is 0 Å². The minimum atomic E-state index is -0.0514. The largest absolute Gasteiger partial charge is 0.397 e. The molecule has 5 nitrogen and oxygen atoms in total. The van der Waals surface area contributed by atoms with Crippen LogP contribution in [0.2, 0.25) is 0 Å². The second-order valence-corrected chi connectivity index (χ2v) is 6.24. The number of carbonyl (C=O) groups is 1. The van der Waals surface area contributed by atoms with Gasteiger partial charge in [0, 0.05) is 33.8 Å². The van der Waals surface area contributed by atoms with Crippen molar-refractivity contribution in [2.45, 2.75) is 12.8 Å². The predicted octanol–water partition coefficient (Wildman–Crippen LogP) is 1.24. The Balaban J connectivity index is 2.17. The number of hydrogen-bond donors (Lipinski definition) is 2. The van der Waals surface area contributed by atoms with Crippen LogP contribution in [-0.4, -0.2) is 49.7 Å². The number of nitrogen functional groups attached to an aromatic ring is 1. The van der Waals surface area contributed by atoms with Gasteiger partial charge >= 0.3 is 0 Å². The molecule has 1 aromatic heterocycles. The first-order valence-electron chi connectivity index (χ1n) is 6.49. The maximum Gasteiger partial charge on any atom is 0.265 e. The zero-order valence-electron chi connectivity index (χ0n) is 11.4. The van der Waals surface area contributed by atoms with Gasteiger partial charge < -0.3 is 20.6 Å². The number of thiophene rings is 1. The molecule has 2 heterocycles. The van der Waals surface area contributed by atoms with Crippen molar-refractivity contribution in [2.24, 2.45) is 5.92 Å². The van der Waals surface area contributed by atoms with Crippen LogP contribution in [0.15, 0.2) is 6.07 Å². The van der Waals surface area contributed by atoms with Crippen molar-refractivity contribution in [1.29, 1.82) is 0 Å². The van der Waals surface area contributed by atoms with Gasteiger partial charge in [0.25, 0.3) is 5.91 Å². The first-order valence-corrected chi connectivity index (χ1v) is 7.31. The molecule has 3 N–H and O–H groups in total. The molecule has 2 rings (SSSR count). The Labute approximate surface area is 117 Å². The van der Waals surface area contributed by atoms with Crippen LogP contribution in [0.3, 0.4) is 0 Å². The second-order valence-electron chi connectivity index (χ2n) is 5.21. The number of nitrogens with zero attached hydrogens (tertiary/aromatic N) is 2. The molecule has 0 radical (unpaired) electrons. The Hall–Kier alpha value is -1.27. The van der Waals surface area contributed by atoms with Crippen molar-refractivity contribution in [3.8, 4) is 0 Å². The molecule has 1 aliphatic rings. The van der Waals surface area contributed by atoms with Gasteiger partial charge in [0.1, 0.15) is 4.88 Å². The summed E-state index contributed by atoms with van der Waals surface area (Å²) in [5, 5.41) is 10.3. The SMILES string of the molecule is CN(C)C(=O)c1sc(N2CCCC(CO)C2)cc1N. The Morgan fingerprint density at radius 3 is 3.00 bits per heavy atom. The number of aliphatic hydroxyl groups excluding tert-OH is 1. The summed E-state index contributed by atoms with van der Waals surface area (Å²) in [6.45, 7) is 2.03. The van der Waals surface area contributed by atoms with Gasteiger partial charge in [-0.2, -0.15) is 0 Å². The van der Waals surface area contributed by atoms with E-state index in [1.54, 1.807) is 19.0 Å². The van der Waals surface area contributed by atoms with Gasteiger partial charge in [-0.25, -0.2) is 0 Å². The summed E-state index contributed by atoms with van der Waals surface area (Å²) in [5.74, 6) is 0.273. The third kappa shape index (κ3) is 3.01. The lowest BCUT2D eigenvalue weighted by atomic mass is 9.99. The summed E-state index contributed by atoms with van der Waals surface area (Å²) in [5.41, 5.74) is 6.49. The zero-order valence-corrected chi connectivity index (χ0v) is 12.2. The molecule has 1 aliphatic heterocycles. The van der Waals surface area contributed by atoms with Crippen molar-refractivity contribution < 1.29 is 9.90 Å². The van der Waals surface area contributed by atoms with E-state index in [1.807, 2.05) is 6.07 Å². The number of piperidine rings is 1. The van der Waals surface area contributed by atoms with Crippen LogP contribution in [0.25, 0.3) is 0 Å². The summed E-state index contributed by atoms with van der Waals surface area (Å²) >= 11 is 1.44. The Bertz CT molecular complexity index is 459. The van der Waals surface area contributed by atoms with Gasteiger partial charge in [-0.3, -0.25) is 4.79 Å². The average Bonchev–Trinajstić information content (AvgIpc) is 2.80. The lowest BCUT2D eigenvalue weighted by molar-refractivity contribution is 0.0833. The molecule has 0 saturated carbocycles. The van der Waals surface area contributed by atoms with Gasteiger partial charge in [0.2, 0.25) is 0 Å². The molecular formula is C13H21N3O2S. The number of nitrogens with two attached hydrogens (primary N) is 1. The number of hydrogen-bond acceptors (Lipinski definition) is 5. The molecule has 1 saturated heterocycles. The van der Waals surface area contributed by atoms with Crippen LogP contribution < -0.4 is 10.6 Å². The van der Waals surface area contributed by atoms with Crippen LogP contribution in [0.4, 0.5) is 10.7 Å². The van der Waals surface area contributed by atoms with E-state index in [1.165, 1.54) is 11.3 Å². The summed E-state index contributed by atoms with van der Waals surface area (Å²) in [4.78, 5) is 16.3. The maximum absolute atomic E-state index is 12.0. The molecule has 0 aromatic carbocycles. The Morgan fingerprint density at radius 1 is 1.63 bits per heavy atom. The molecule has 0 aliphatic carbocycles. The monoisotopic (exact) mass is 283 g/mol. The number of anilines is 2. The van der Waals surface area contributed by atoms with Crippen molar-refractivity contribution in [3.05, 3.63) is 10.9 Å². The summed E-state index contributed by atoms with van der Waals surface area (Å²) in [6, 6.07) is 1.88. The lowest BCUT2D eigenvalue weighted by Gasteiger charge is -2.32. The molecule has 106 valence electrons. The van der Waals surface area contributed by atoms with E-state index >= 15 is 0 Å². The van der Waals surface area contributed by atoms with Crippen LogP contribution in [-0.2, 0) is 0 Å². The van der Waals surface area contributed by atoms with E-state index in [0.29, 0.717) is 16.5 Å². The third-order valence-electron chi connectivity index (χ3n) is 3.44. The minimum absolute atomic E-state index is 0.0514. The fourth-order valence-corrected chi connectivity index (χ4v) is 3.47. The molecule has 1 aromatic rings. The van der Waals surface area contributed by atoms with E-state index in [4.69, 9.17) is 5.73 Å². The maximum atomic E-state index is 12.0.